The Morgan fingerprint density at radius 3 is 2.35 bits per heavy atom. The number of nitrogens with two attached hydrogens (primary N) is 1. The zero-order valence-electron chi connectivity index (χ0n) is 10.9. The summed E-state index contributed by atoms with van der Waals surface area (Å²) in [5.41, 5.74) is 1.34. The molecule has 2 aromatic rings. The Morgan fingerprint density at radius 1 is 1.30 bits per heavy atom. The Kier molecular flexibility index (Phi) is 3.89. The van der Waals surface area contributed by atoms with Crippen LogP contribution in [0.4, 0.5) is 10.8 Å². The van der Waals surface area contributed by atoms with Crippen molar-refractivity contribution >= 4 is 38.0 Å². The van der Waals surface area contributed by atoms with E-state index in [1.54, 1.807) is 19.1 Å². The molecule has 2 rings (SSSR count). The van der Waals surface area contributed by atoms with Gasteiger partial charge in [-0.25, -0.2) is 18.5 Å². The Bertz CT molecular complexity index is 749. The minimum absolute atomic E-state index is 0.0300. The lowest BCUT2D eigenvalue weighted by molar-refractivity contribution is 0.102. The van der Waals surface area contributed by atoms with Crippen molar-refractivity contribution in [1.82, 2.24) is 4.98 Å². The van der Waals surface area contributed by atoms with E-state index in [-0.39, 0.29) is 10.7 Å². The van der Waals surface area contributed by atoms with Crippen molar-refractivity contribution < 1.29 is 13.2 Å². The van der Waals surface area contributed by atoms with Gasteiger partial charge in [0.15, 0.2) is 10.9 Å². The highest BCUT2D eigenvalue weighted by atomic mass is 32.2. The van der Waals surface area contributed by atoms with Crippen LogP contribution in [0.25, 0.3) is 0 Å². The molecule has 0 aliphatic heterocycles. The highest BCUT2D eigenvalue weighted by Gasteiger charge is 2.12. The molecule has 0 saturated heterocycles. The summed E-state index contributed by atoms with van der Waals surface area (Å²) in [5.74, 6) is -0.0300. The fourth-order valence-corrected chi connectivity index (χ4v) is 3.03. The minimum Gasteiger partial charge on any atom is -0.332 e. The number of ketones is 1. The van der Waals surface area contributed by atoms with Gasteiger partial charge in [0.1, 0.15) is 0 Å². The monoisotopic (exact) mass is 311 g/mol. The number of anilines is 2. The normalized spacial score (nSPS) is 11.3. The number of benzene rings is 1. The fraction of sp³-hybridized carbons (Fsp3) is 0.167. The number of rotatable bonds is 4. The summed E-state index contributed by atoms with van der Waals surface area (Å²) in [6.07, 6.45) is 0. The van der Waals surface area contributed by atoms with Gasteiger partial charge in [-0.2, -0.15) is 0 Å². The molecular weight excluding hydrogens is 298 g/mol. The SMILES string of the molecule is CC(=O)c1sc(Nc2ccc(S(N)(=O)=O)cc2)nc1C. The van der Waals surface area contributed by atoms with Crippen LogP contribution in [0.15, 0.2) is 29.2 Å². The number of Topliss-reactive ketones (excluding diaryl/α,β-unsaturated/α-hetero) is 1. The van der Waals surface area contributed by atoms with Crippen LogP contribution in [0.3, 0.4) is 0 Å². The number of aryl methyl sites for hydroxylation is 1. The Labute approximate surface area is 120 Å². The van der Waals surface area contributed by atoms with Crippen LogP contribution in [0.2, 0.25) is 0 Å². The van der Waals surface area contributed by atoms with Gasteiger partial charge >= 0.3 is 0 Å². The largest absolute Gasteiger partial charge is 0.332 e. The van der Waals surface area contributed by atoms with E-state index >= 15 is 0 Å². The first-order valence-electron chi connectivity index (χ1n) is 5.65. The molecule has 0 saturated carbocycles. The van der Waals surface area contributed by atoms with E-state index in [1.165, 1.54) is 30.4 Å². The van der Waals surface area contributed by atoms with Crippen molar-refractivity contribution in [1.29, 1.82) is 0 Å². The first-order chi connectivity index (χ1) is 9.27. The van der Waals surface area contributed by atoms with Gasteiger partial charge in [-0.05, 0) is 31.2 Å². The molecule has 1 aromatic carbocycles. The average Bonchev–Trinajstić information content (AvgIpc) is 2.70. The van der Waals surface area contributed by atoms with Gasteiger partial charge in [-0.1, -0.05) is 11.3 Å². The number of thiazole rings is 1. The summed E-state index contributed by atoms with van der Waals surface area (Å²) in [7, 11) is -3.69. The molecule has 0 unspecified atom stereocenters. The Morgan fingerprint density at radius 2 is 1.90 bits per heavy atom. The molecule has 0 spiro atoms. The third-order valence-electron chi connectivity index (χ3n) is 2.55. The van der Waals surface area contributed by atoms with Gasteiger partial charge in [-0.3, -0.25) is 4.79 Å². The van der Waals surface area contributed by atoms with Crippen molar-refractivity contribution in [2.45, 2.75) is 18.7 Å². The lowest BCUT2D eigenvalue weighted by Gasteiger charge is -2.03. The average molecular weight is 311 g/mol. The first-order valence-corrected chi connectivity index (χ1v) is 8.02. The summed E-state index contributed by atoms with van der Waals surface area (Å²) < 4.78 is 22.3. The zero-order chi connectivity index (χ0) is 14.9. The molecule has 0 bridgehead atoms. The van der Waals surface area contributed by atoms with Crippen LogP contribution in [-0.4, -0.2) is 19.2 Å². The van der Waals surface area contributed by atoms with Crippen LogP contribution in [0.1, 0.15) is 22.3 Å². The van der Waals surface area contributed by atoms with Crippen molar-refractivity contribution in [3.05, 3.63) is 34.8 Å². The summed E-state index contributed by atoms with van der Waals surface area (Å²) in [5, 5.41) is 8.62. The quantitative estimate of drug-likeness (QED) is 0.841. The predicted molar refractivity (Wildman–Crippen MR) is 78.0 cm³/mol. The topological polar surface area (TPSA) is 102 Å². The van der Waals surface area contributed by atoms with Crippen LogP contribution in [-0.2, 0) is 10.0 Å². The number of hydrogen-bond acceptors (Lipinski definition) is 6. The first kappa shape index (κ1) is 14.6. The maximum absolute atomic E-state index is 11.3. The number of primary sulfonamides is 1. The van der Waals surface area contributed by atoms with Gasteiger partial charge in [0.2, 0.25) is 10.0 Å². The predicted octanol–water partition coefficient (Wildman–Crippen LogP) is 2.05. The molecule has 0 aliphatic carbocycles. The molecule has 20 heavy (non-hydrogen) atoms. The van der Waals surface area contributed by atoms with Crippen molar-refractivity contribution in [2.75, 3.05) is 5.32 Å². The van der Waals surface area contributed by atoms with E-state index in [0.717, 1.165) is 0 Å². The van der Waals surface area contributed by atoms with E-state index in [4.69, 9.17) is 5.14 Å². The van der Waals surface area contributed by atoms with E-state index in [0.29, 0.717) is 21.4 Å². The minimum atomic E-state index is -3.69. The van der Waals surface area contributed by atoms with Gasteiger partial charge < -0.3 is 5.32 Å². The molecule has 0 fully saturated rings. The molecule has 6 nitrogen and oxygen atoms in total. The highest BCUT2D eigenvalue weighted by molar-refractivity contribution is 7.89. The number of sulfonamides is 1. The van der Waals surface area contributed by atoms with Gasteiger partial charge in [0.25, 0.3) is 0 Å². The standard InChI is InChI=1S/C12H13N3O3S2/c1-7-11(8(2)16)19-12(14-7)15-9-3-5-10(6-4-9)20(13,17)18/h3-6H,1-2H3,(H,14,15)(H2,13,17,18). The second-order valence-corrected chi connectivity index (χ2v) is 6.74. The number of hydrogen-bond donors (Lipinski definition) is 2. The molecule has 0 radical (unpaired) electrons. The number of aromatic nitrogens is 1. The fourth-order valence-electron chi connectivity index (χ4n) is 1.63. The molecule has 0 amide bonds. The number of carbonyl (C=O) groups excluding carboxylic acids is 1. The van der Waals surface area contributed by atoms with Crippen LogP contribution >= 0.6 is 11.3 Å². The highest BCUT2D eigenvalue weighted by Crippen LogP contribution is 2.26. The third-order valence-corrected chi connectivity index (χ3v) is 4.65. The molecule has 3 N–H and O–H groups in total. The van der Waals surface area contributed by atoms with Crippen molar-refractivity contribution in [3.8, 4) is 0 Å². The maximum Gasteiger partial charge on any atom is 0.238 e. The van der Waals surface area contributed by atoms with E-state index in [2.05, 4.69) is 10.3 Å². The summed E-state index contributed by atoms with van der Waals surface area (Å²) in [6.45, 7) is 3.26. The van der Waals surface area contributed by atoms with Gasteiger partial charge in [-0.15, -0.1) is 0 Å². The van der Waals surface area contributed by atoms with Crippen LogP contribution in [0.5, 0.6) is 0 Å². The molecular formula is C12H13N3O3S2. The lowest BCUT2D eigenvalue weighted by atomic mass is 10.3. The van der Waals surface area contributed by atoms with Crippen LogP contribution in [0, 0.1) is 6.92 Å². The van der Waals surface area contributed by atoms with E-state index < -0.39 is 10.0 Å². The summed E-state index contributed by atoms with van der Waals surface area (Å²) in [4.78, 5) is 16.2. The van der Waals surface area contributed by atoms with Crippen LogP contribution < -0.4 is 10.5 Å². The molecule has 0 aliphatic rings. The molecule has 106 valence electrons. The Hall–Kier alpha value is -1.77. The maximum atomic E-state index is 11.3. The van der Waals surface area contributed by atoms with Gasteiger partial charge in [0.05, 0.1) is 15.5 Å². The number of nitrogens with one attached hydrogen (secondary N) is 1. The second-order valence-electron chi connectivity index (χ2n) is 4.18. The molecule has 1 aromatic heterocycles. The second kappa shape index (κ2) is 5.31. The Balaban J connectivity index is 2.22. The summed E-state index contributed by atoms with van der Waals surface area (Å²) in [6, 6.07) is 5.99. The number of nitrogens with zero attached hydrogens (tertiary/aromatic N) is 1. The van der Waals surface area contributed by atoms with Gasteiger partial charge in [0, 0.05) is 12.6 Å². The molecule has 1 heterocycles. The van der Waals surface area contributed by atoms with E-state index in [9.17, 15) is 13.2 Å². The molecule has 0 atom stereocenters. The third kappa shape index (κ3) is 3.21. The summed E-state index contributed by atoms with van der Waals surface area (Å²) >= 11 is 1.26. The van der Waals surface area contributed by atoms with Crippen molar-refractivity contribution in [2.24, 2.45) is 5.14 Å². The zero-order valence-corrected chi connectivity index (χ0v) is 12.5. The van der Waals surface area contributed by atoms with Crippen molar-refractivity contribution in [3.63, 3.8) is 0 Å². The smallest absolute Gasteiger partial charge is 0.238 e. The number of carbonyl (C=O) groups is 1. The lowest BCUT2D eigenvalue weighted by Crippen LogP contribution is -2.11. The van der Waals surface area contributed by atoms with E-state index in [1.807, 2.05) is 0 Å². The molecule has 8 heteroatoms.